The molecule has 2 rings (SSSR count). The highest BCUT2D eigenvalue weighted by molar-refractivity contribution is 8.23. The van der Waals surface area contributed by atoms with E-state index in [0.717, 1.165) is 36.2 Å². The molecule has 1 aliphatic heterocycles. The number of thioether (sulfide) groups is 1. The number of amides is 1. The molecule has 23 heavy (non-hydrogen) atoms. The van der Waals surface area contributed by atoms with Crippen LogP contribution >= 0.6 is 58.8 Å². The molecule has 1 aliphatic rings. The van der Waals surface area contributed by atoms with Crippen LogP contribution in [0.15, 0.2) is 12.1 Å². The first-order chi connectivity index (χ1) is 10.9. The van der Waals surface area contributed by atoms with Gasteiger partial charge in [0.2, 0.25) is 5.91 Å². The molecule has 1 fully saturated rings. The molecule has 0 spiro atoms. The van der Waals surface area contributed by atoms with E-state index in [0.29, 0.717) is 20.8 Å². The molecule has 3 nitrogen and oxygen atoms in total. The average molecular weight is 412 g/mol. The third-order valence-corrected chi connectivity index (χ3v) is 5.98. The number of anilines is 1. The van der Waals surface area contributed by atoms with Crippen molar-refractivity contribution in [2.45, 2.75) is 19.8 Å². The SMILES string of the molecule is CC1CCN(C(=S)SCC(=O)Nc2c(Cl)cc(Cl)cc2Cl)CC1. The molecule has 0 bridgehead atoms. The number of halogens is 3. The van der Waals surface area contributed by atoms with Crippen LogP contribution in [0, 0.1) is 5.92 Å². The van der Waals surface area contributed by atoms with Gasteiger partial charge in [0.25, 0.3) is 0 Å². The van der Waals surface area contributed by atoms with Crippen LogP contribution in [-0.2, 0) is 4.79 Å². The lowest BCUT2D eigenvalue weighted by molar-refractivity contribution is -0.113. The van der Waals surface area contributed by atoms with E-state index in [1.165, 1.54) is 23.9 Å². The summed E-state index contributed by atoms with van der Waals surface area (Å²) in [5.41, 5.74) is 0.376. The number of thiocarbonyl (C=S) groups is 1. The molecule has 1 saturated heterocycles. The van der Waals surface area contributed by atoms with E-state index in [1.807, 2.05) is 0 Å². The Labute approximate surface area is 161 Å². The summed E-state index contributed by atoms with van der Waals surface area (Å²) in [5, 5.41) is 3.76. The minimum absolute atomic E-state index is 0.200. The van der Waals surface area contributed by atoms with Crippen LogP contribution in [0.4, 0.5) is 5.69 Å². The summed E-state index contributed by atoms with van der Waals surface area (Å²) in [5.74, 6) is 0.769. The zero-order valence-electron chi connectivity index (χ0n) is 12.6. The lowest BCUT2D eigenvalue weighted by Crippen LogP contribution is -2.36. The number of carbonyl (C=O) groups is 1. The Kier molecular flexibility index (Phi) is 7.29. The Morgan fingerprint density at radius 3 is 2.43 bits per heavy atom. The summed E-state index contributed by atoms with van der Waals surface area (Å²) in [6.45, 7) is 4.17. The number of rotatable bonds is 3. The predicted molar refractivity (Wildman–Crippen MR) is 105 cm³/mol. The van der Waals surface area contributed by atoms with Gasteiger partial charge >= 0.3 is 0 Å². The monoisotopic (exact) mass is 410 g/mol. The van der Waals surface area contributed by atoms with E-state index in [9.17, 15) is 4.79 Å². The van der Waals surface area contributed by atoms with Crippen LogP contribution < -0.4 is 5.32 Å². The Hall–Kier alpha value is -0.200. The highest BCUT2D eigenvalue weighted by Gasteiger charge is 2.19. The molecule has 1 N–H and O–H groups in total. The second-order valence-corrected chi connectivity index (χ2v) is 8.38. The number of piperidine rings is 1. The first kappa shape index (κ1) is 19.1. The van der Waals surface area contributed by atoms with Crippen LogP contribution in [0.25, 0.3) is 0 Å². The maximum absolute atomic E-state index is 12.1. The zero-order valence-corrected chi connectivity index (χ0v) is 16.5. The molecule has 0 aromatic heterocycles. The van der Waals surface area contributed by atoms with Gasteiger partial charge in [-0.1, -0.05) is 65.7 Å². The Morgan fingerprint density at radius 1 is 1.30 bits per heavy atom. The fraction of sp³-hybridized carbons (Fsp3) is 0.467. The number of benzene rings is 1. The van der Waals surface area contributed by atoms with Crippen molar-refractivity contribution < 1.29 is 4.79 Å². The summed E-state index contributed by atoms with van der Waals surface area (Å²) < 4.78 is 0.764. The molecule has 0 radical (unpaired) electrons. The van der Waals surface area contributed by atoms with Gasteiger partial charge in [0.05, 0.1) is 21.5 Å². The molecule has 126 valence electrons. The summed E-state index contributed by atoms with van der Waals surface area (Å²) in [4.78, 5) is 14.2. The van der Waals surface area contributed by atoms with Crippen LogP contribution in [0.2, 0.25) is 15.1 Å². The molecule has 1 heterocycles. The van der Waals surface area contributed by atoms with E-state index in [1.54, 1.807) is 0 Å². The number of hydrogen-bond acceptors (Lipinski definition) is 3. The second-order valence-electron chi connectivity index (χ2n) is 5.52. The lowest BCUT2D eigenvalue weighted by Gasteiger charge is -2.31. The van der Waals surface area contributed by atoms with Gasteiger partial charge in [0.15, 0.2) is 0 Å². The van der Waals surface area contributed by atoms with Crippen LogP contribution in [-0.4, -0.2) is 34.0 Å². The summed E-state index contributed by atoms with van der Waals surface area (Å²) in [7, 11) is 0. The number of nitrogens with zero attached hydrogens (tertiary/aromatic N) is 1. The highest BCUT2D eigenvalue weighted by atomic mass is 35.5. The molecular formula is C15H17Cl3N2OS2. The molecule has 8 heteroatoms. The van der Waals surface area contributed by atoms with Crippen LogP contribution in [0.3, 0.4) is 0 Å². The van der Waals surface area contributed by atoms with Crippen molar-refractivity contribution in [3.63, 3.8) is 0 Å². The third kappa shape index (κ3) is 5.68. The van der Waals surface area contributed by atoms with Gasteiger partial charge in [-0.25, -0.2) is 0 Å². The topological polar surface area (TPSA) is 32.3 Å². The molecule has 0 saturated carbocycles. The molecular weight excluding hydrogens is 395 g/mol. The molecule has 1 amide bonds. The predicted octanol–water partition coefficient (Wildman–Crippen LogP) is 5.34. The van der Waals surface area contributed by atoms with E-state index >= 15 is 0 Å². The fourth-order valence-corrected chi connectivity index (χ4v) is 4.21. The van der Waals surface area contributed by atoms with Gasteiger partial charge in [0, 0.05) is 18.1 Å². The number of likely N-dealkylation sites (tertiary alicyclic amines) is 1. The summed E-state index contributed by atoms with van der Waals surface area (Å²) in [6.07, 6.45) is 2.28. The van der Waals surface area contributed by atoms with Crippen molar-refractivity contribution in [2.75, 3.05) is 24.2 Å². The zero-order chi connectivity index (χ0) is 17.0. The van der Waals surface area contributed by atoms with Gasteiger partial charge in [-0.3, -0.25) is 4.79 Å². The standard InChI is InChI=1S/C15H17Cl3N2OS2/c1-9-2-4-20(5-3-9)15(22)23-8-13(21)19-14-11(17)6-10(16)7-12(14)18/h6-7,9H,2-5,8H2,1H3,(H,19,21). The third-order valence-electron chi connectivity index (χ3n) is 3.64. The normalized spacial score (nSPS) is 15.6. The summed E-state index contributed by atoms with van der Waals surface area (Å²) in [6, 6.07) is 3.08. The molecule has 1 aromatic rings. The maximum atomic E-state index is 12.1. The molecule has 0 unspecified atom stereocenters. The highest BCUT2D eigenvalue weighted by Crippen LogP contribution is 2.33. The van der Waals surface area contributed by atoms with Gasteiger partial charge in [0.1, 0.15) is 4.32 Å². The van der Waals surface area contributed by atoms with Crippen molar-refractivity contribution in [1.82, 2.24) is 4.90 Å². The van der Waals surface area contributed by atoms with E-state index in [2.05, 4.69) is 17.1 Å². The quantitative estimate of drug-likeness (QED) is 0.681. The molecule has 0 atom stereocenters. The van der Waals surface area contributed by atoms with Crippen molar-refractivity contribution in [2.24, 2.45) is 5.92 Å². The fourth-order valence-electron chi connectivity index (χ4n) is 2.25. The van der Waals surface area contributed by atoms with E-state index < -0.39 is 0 Å². The lowest BCUT2D eigenvalue weighted by atomic mass is 10.00. The van der Waals surface area contributed by atoms with E-state index in [-0.39, 0.29) is 11.7 Å². The Morgan fingerprint density at radius 2 is 1.87 bits per heavy atom. The Balaban J connectivity index is 1.85. The molecule has 0 aliphatic carbocycles. The van der Waals surface area contributed by atoms with Gasteiger partial charge < -0.3 is 10.2 Å². The van der Waals surface area contributed by atoms with Crippen LogP contribution in [0.1, 0.15) is 19.8 Å². The summed E-state index contributed by atoms with van der Waals surface area (Å²) >= 11 is 24.7. The number of hydrogen-bond donors (Lipinski definition) is 1. The first-order valence-corrected chi connectivity index (χ1v) is 9.75. The van der Waals surface area contributed by atoms with Crippen molar-refractivity contribution in [1.29, 1.82) is 0 Å². The van der Waals surface area contributed by atoms with Crippen molar-refractivity contribution in [3.8, 4) is 0 Å². The largest absolute Gasteiger partial charge is 0.357 e. The average Bonchev–Trinajstić information content (AvgIpc) is 2.49. The molecule has 1 aromatic carbocycles. The van der Waals surface area contributed by atoms with Gasteiger partial charge in [-0.2, -0.15) is 0 Å². The minimum Gasteiger partial charge on any atom is -0.357 e. The van der Waals surface area contributed by atoms with Gasteiger partial charge in [-0.15, -0.1) is 0 Å². The van der Waals surface area contributed by atoms with E-state index in [4.69, 9.17) is 47.0 Å². The number of carbonyl (C=O) groups excluding carboxylic acids is 1. The minimum atomic E-state index is -0.200. The van der Waals surface area contributed by atoms with Gasteiger partial charge in [-0.05, 0) is 30.9 Å². The van der Waals surface area contributed by atoms with Crippen molar-refractivity contribution >= 4 is 74.7 Å². The first-order valence-electron chi connectivity index (χ1n) is 7.23. The Bertz CT molecular complexity index is 581. The van der Waals surface area contributed by atoms with Crippen LogP contribution in [0.5, 0.6) is 0 Å². The number of nitrogens with one attached hydrogen (secondary N) is 1. The second kappa shape index (κ2) is 8.77. The smallest absolute Gasteiger partial charge is 0.234 e. The van der Waals surface area contributed by atoms with Crippen molar-refractivity contribution in [3.05, 3.63) is 27.2 Å². The maximum Gasteiger partial charge on any atom is 0.234 e.